The van der Waals surface area contributed by atoms with E-state index < -0.39 is 0 Å². The average molecular weight is 314 g/mol. The number of hydrogen-bond donors (Lipinski definition) is 2. The molecule has 6 nitrogen and oxygen atoms in total. The minimum atomic E-state index is 0.629. The molecule has 0 aliphatic heterocycles. The van der Waals surface area contributed by atoms with E-state index in [0.717, 1.165) is 42.6 Å². The largest absolute Gasteiger partial charge is 0.357 e. The molecule has 0 aliphatic carbocycles. The summed E-state index contributed by atoms with van der Waals surface area (Å²) in [5, 5.41) is 11.1. The maximum Gasteiger partial charge on any atom is 0.191 e. The Labute approximate surface area is 138 Å². The Morgan fingerprint density at radius 2 is 2.09 bits per heavy atom. The summed E-state index contributed by atoms with van der Waals surface area (Å²) in [6, 6.07) is 5.98. The Hall–Kier alpha value is -2.37. The van der Waals surface area contributed by atoms with Crippen molar-refractivity contribution in [1.29, 1.82) is 0 Å². The number of aryl methyl sites for hydroxylation is 2. The third-order valence-electron chi connectivity index (χ3n) is 3.80. The molecule has 0 aromatic carbocycles. The summed E-state index contributed by atoms with van der Waals surface area (Å²) >= 11 is 0. The fourth-order valence-corrected chi connectivity index (χ4v) is 2.40. The van der Waals surface area contributed by atoms with Gasteiger partial charge in [-0.3, -0.25) is 9.67 Å². The molecule has 0 saturated carbocycles. The Morgan fingerprint density at radius 3 is 2.70 bits per heavy atom. The van der Waals surface area contributed by atoms with Crippen molar-refractivity contribution in [3.8, 4) is 0 Å². The molecule has 0 amide bonds. The molecule has 23 heavy (non-hydrogen) atoms. The van der Waals surface area contributed by atoms with Gasteiger partial charge in [-0.2, -0.15) is 5.10 Å². The predicted molar refractivity (Wildman–Crippen MR) is 93.4 cm³/mol. The highest BCUT2D eigenvalue weighted by Crippen LogP contribution is 2.12. The normalized spacial score (nSPS) is 11.6. The van der Waals surface area contributed by atoms with Gasteiger partial charge in [0.1, 0.15) is 0 Å². The lowest BCUT2D eigenvalue weighted by Crippen LogP contribution is -2.38. The van der Waals surface area contributed by atoms with E-state index in [4.69, 9.17) is 0 Å². The highest BCUT2D eigenvalue weighted by Gasteiger charge is 2.08. The first-order valence-electron chi connectivity index (χ1n) is 8.03. The first-order chi connectivity index (χ1) is 11.1. The van der Waals surface area contributed by atoms with E-state index in [1.165, 1.54) is 5.56 Å². The van der Waals surface area contributed by atoms with Crippen LogP contribution in [0.2, 0.25) is 0 Å². The number of aliphatic imine (C=N–C) groups is 1. The van der Waals surface area contributed by atoms with Crippen molar-refractivity contribution in [1.82, 2.24) is 25.4 Å². The lowest BCUT2D eigenvalue weighted by atomic mass is 10.2. The number of nitrogens with one attached hydrogen (secondary N) is 2. The second kappa shape index (κ2) is 8.31. The molecule has 2 heterocycles. The second-order valence-electron chi connectivity index (χ2n) is 5.47. The zero-order valence-corrected chi connectivity index (χ0v) is 14.4. The van der Waals surface area contributed by atoms with Gasteiger partial charge in [0.2, 0.25) is 0 Å². The van der Waals surface area contributed by atoms with Gasteiger partial charge in [0.15, 0.2) is 5.96 Å². The van der Waals surface area contributed by atoms with Gasteiger partial charge in [0, 0.05) is 49.7 Å². The van der Waals surface area contributed by atoms with Crippen LogP contribution in [0.1, 0.15) is 29.6 Å². The van der Waals surface area contributed by atoms with Crippen LogP contribution < -0.4 is 10.6 Å². The second-order valence-corrected chi connectivity index (χ2v) is 5.47. The van der Waals surface area contributed by atoms with Gasteiger partial charge < -0.3 is 10.6 Å². The van der Waals surface area contributed by atoms with Gasteiger partial charge in [0.25, 0.3) is 0 Å². The van der Waals surface area contributed by atoms with E-state index in [2.05, 4.69) is 39.6 Å². The quantitative estimate of drug-likeness (QED) is 0.629. The summed E-state index contributed by atoms with van der Waals surface area (Å²) in [5.74, 6) is 0.825. The van der Waals surface area contributed by atoms with Crippen LogP contribution in [0, 0.1) is 13.8 Å². The highest BCUT2D eigenvalue weighted by atomic mass is 15.3. The topological polar surface area (TPSA) is 67.1 Å². The Kier molecular flexibility index (Phi) is 6.14. The van der Waals surface area contributed by atoms with Gasteiger partial charge in [-0.05, 0) is 32.9 Å². The monoisotopic (exact) mass is 314 g/mol. The molecule has 2 aromatic rings. The Balaban J connectivity index is 1.94. The molecule has 124 valence electrons. The molecule has 0 atom stereocenters. The molecule has 0 spiro atoms. The highest BCUT2D eigenvalue weighted by molar-refractivity contribution is 5.79. The molecule has 2 N–H and O–H groups in total. The third kappa shape index (κ3) is 4.81. The molecule has 0 aliphatic rings. The van der Waals surface area contributed by atoms with Crippen LogP contribution in [0.15, 0.2) is 29.4 Å². The van der Waals surface area contributed by atoms with E-state index in [-0.39, 0.29) is 0 Å². The van der Waals surface area contributed by atoms with E-state index >= 15 is 0 Å². The first-order valence-corrected chi connectivity index (χ1v) is 8.03. The summed E-state index contributed by atoms with van der Waals surface area (Å²) in [6.07, 6.45) is 2.69. The Morgan fingerprint density at radius 1 is 1.26 bits per heavy atom. The summed E-state index contributed by atoms with van der Waals surface area (Å²) in [5.41, 5.74) is 4.47. The van der Waals surface area contributed by atoms with E-state index in [1.807, 2.05) is 43.0 Å². The molecule has 2 aromatic heterocycles. The van der Waals surface area contributed by atoms with Gasteiger partial charge >= 0.3 is 0 Å². The number of aromatic nitrogens is 3. The zero-order valence-electron chi connectivity index (χ0n) is 14.4. The molecule has 0 radical (unpaired) electrons. The smallest absolute Gasteiger partial charge is 0.191 e. The van der Waals surface area contributed by atoms with Gasteiger partial charge in [-0.25, -0.2) is 4.99 Å². The minimum Gasteiger partial charge on any atom is -0.357 e. The maximum absolute atomic E-state index is 4.67. The zero-order chi connectivity index (χ0) is 16.7. The van der Waals surface area contributed by atoms with E-state index in [9.17, 15) is 0 Å². The lowest BCUT2D eigenvalue weighted by molar-refractivity contribution is 0.729. The van der Waals surface area contributed by atoms with Crippen LogP contribution >= 0.6 is 0 Å². The standard InChI is InChI=1S/C17H26N6/c1-5-18-17(20-11-9-15-8-6-7-10-19-15)21-12-16-13(2)22-23(4)14(16)3/h6-8,10H,5,9,11-12H2,1-4H3,(H2,18,20,21). The van der Waals surface area contributed by atoms with E-state index in [0.29, 0.717) is 6.54 Å². The van der Waals surface area contributed by atoms with Gasteiger partial charge in [-0.1, -0.05) is 6.07 Å². The average Bonchev–Trinajstić information content (AvgIpc) is 2.79. The molecular weight excluding hydrogens is 288 g/mol. The predicted octanol–water partition coefficient (Wildman–Crippen LogP) is 1.73. The molecule has 0 saturated heterocycles. The third-order valence-corrected chi connectivity index (χ3v) is 3.80. The van der Waals surface area contributed by atoms with Crippen molar-refractivity contribution in [2.75, 3.05) is 13.1 Å². The fourth-order valence-electron chi connectivity index (χ4n) is 2.40. The van der Waals surface area contributed by atoms with Crippen molar-refractivity contribution >= 4 is 5.96 Å². The number of guanidine groups is 1. The number of pyridine rings is 1. The van der Waals surface area contributed by atoms with Crippen molar-refractivity contribution in [3.05, 3.63) is 47.0 Å². The summed E-state index contributed by atoms with van der Waals surface area (Å²) in [7, 11) is 1.96. The molecule has 0 bridgehead atoms. The lowest BCUT2D eigenvalue weighted by Gasteiger charge is -2.11. The number of nitrogens with zero attached hydrogens (tertiary/aromatic N) is 4. The molecule has 0 unspecified atom stereocenters. The van der Waals surface area contributed by atoms with Crippen LogP contribution in [0.4, 0.5) is 0 Å². The van der Waals surface area contributed by atoms with Crippen molar-refractivity contribution in [2.24, 2.45) is 12.0 Å². The van der Waals surface area contributed by atoms with Crippen LogP contribution in [-0.2, 0) is 20.0 Å². The van der Waals surface area contributed by atoms with Gasteiger partial charge in [-0.15, -0.1) is 0 Å². The van der Waals surface area contributed by atoms with Crippen molar-refractivity contribution < 1.29 is 0 Å². The molecular formula is C17H26N6. The summed E-state index contributed by atoms with van der Waals surface area (Å²) in [6.45, 7) is 8.43. The van der Waals surface area contributed by atoms with Gasteiger partial charge in [0.05, 0.1) is 12.2 Å². The first kappa shape index (κ1) is 17.0. The SMILES string of the molecule is CCNC(=NCc1c(C)nn(C)c1C)NCCc1ccccn1. The van der Waals surface area contributed by atoms with Crippen LogP contribution in [0.5, 0.6) is 0 Å². The van der Waals surface area contributed by atoms with Crippen LogP contribution in [0.3, 0.4) is 0 Å². The Bertz CT molecular complexity index is 645. The molecule has 0 fully saturated rings. The maximum atomic E-state index is 4.67. The van der Waals surface area contributed by atoms with Crippen LogP contribution in [-0.4, -0.2) is 33.8 Å². The molecule has 2 rings (SSSR count). The van der Waals surface area contributed by atoms with Crippen LogP contribution in [0.25, 0.3) is 0 Å². The fraction of sp³-hybridized carbons (Fsp3) is 0.471. The number of hydrogen-bond acceptors (Lipinski definition) is 3. The van der Waals surface area contributed by atoms with E-state index in [1.54, 1.807) is 0 Å². The summed E-state index contributed by atoms with van der Waals surface area (Å²) in [4.78, 5) is 9.00. The number of rotatable bonds is 6. The summed E-state index contributed by atoms with van der Waals surface area (Å²) < 4.78 is 1.90. The van der Waals surface area contributed by atoms with Crippen molar-refractivity contribution in [3.63, 3.8) is 0 Å². The van der Waals surface area contributed by atoms with Crippen molar-refractivity contribution in [2.45, 2.75) is 33.7 Å². The minimum absolute atomic E-state index is 0.629. The molecule has 6 heteroatoms.